The van der Waals surface area contributed by atoms with Crippen molar-refractivity contribution >= 4 is 0 Å². The van der Waals surface area contributed by atoms with Gasteiger partial charge in [-0.05, 0) is 105 Å². The fourth-order valence-corrected chi connectivity index (χ4v) is 6.19. The lowest BCUT2D eigenvalue weighted by molar-refractivity contribution is 0.441. The van der Waals surface area contributed by atoms with E-state index in [2.05, 4.69) is 0 Å². The lowest BCUT2D eigenvalue weighted by atomic mass is 9.84. The standard InChI is InChI=1S/C39H51N3O6/c1-22-13-25(16-28(31(22)43)37(4,5)6)19-40-34(46)41(20-26-14-23(2)32(44)29(17-26)38(7,8)9)36(48)42(35(40)47)21-27-15-24(3)33(45)30(18-27)39(10,11)12/h13-18,43-45H,19-21H2,1-12H3. The van der Waals surface area contributed by atoms with E-state index in [4.69, 9.17) is 0 Å². The van der Waals surface area contributed by atoms with Gasteiger partial charge in [0.25, 0.3) is 0 Å². The van der Waals surface area contributed by atoms with E-state index >= 15 is 0 Å². The molecule has 0 fully saturated rings. The number of phenolic OH excluding ortho intramolecular Hbond substituents is 3. The zero-order chi connectivity index (χ0) is 36.3. The monoisotopic (exact) mass is 657 g/mol. The molecule has 0 aliphatic rings. The number of aryl methyl sites for hydroxylation is 3. The zero-order valence-electron chi connectivity index (χ0n) is 30.5. The molecule has 1 heterocycles. The Bertz CT molecular complexity index is 1810. The quantitative estimate of drug-likeness (QED) is 0.225. The summed E-state index contributed by atoms with van der Waals surface area (Å²) in [5.74, 6) is 0.488. The van der Waals surface area contributed by atoms with Crippen LogP contribution in [0.4, 0.5) is 0 Å². The van der Waals surface area contributed by atoms with Crippen molar-refractivity contribution in [2.45, 2.75) is 119 Å². The normalized spacial score (nSPS) is 12.5. The molecule has 0 bridgehead atoms. The molecular weight excluding hydrogens is 606 g/mol. The van der Waals surface area contributed by atoms with Crippen LogP contribution in [0.1, 0.15) is 112 Å². The minimum atomic E-state index is -0.760. The highest BCUT2D eigenvalue weighted by molar-refractivity contribution is 5.48. The van der Waals surface area contributed by atoms with E-state index in [1.807, 2.05) is 62.3 Å². The molecular formula is C39H51N3O6. The van der Waals surface area contributed by atoms with Crippen molar-refractivity contribution < 1.29 is 15.3 Å². The summed E-state index contributed by atoms with van der Waals surface area (Å²) >= 11 is 0. The molecule has 0 saturated heterocycles. The topological polar surface area (TPSA) is 127 Å². The van der Waals surface area contributed by atoms with Crippen molar-refractivity contribution in [1.29, 1.82) is 0 Å². The Balaban J connectivity index is 1.99. The van der Waals surface area contributed by atoms with Crippen LogP contribution in [-0.4, -0.2) is 29.0 Å². The van der Waals surface area contributed by atoms with Crippen LogP contribution in [0.3, 0.4) is 0 Å². The summed E-state index contributed by atoms with van der Waals surface area (Å²) in [6, 6.07) is 10.6. The van der Waals surface area contributed by atoms with Gasteiger partial charge in [0.2, 0.25) is 0 Å². The third-order valence-corrected chi connectivity index (χ3v) is 8.91. The molecule has 48 heavy (non-hydrogen) atoms. The van der Waals surface area contributed by atoms with Crippen LogP contribution in [0.2, 0.25) is 0 Å². The summed E-state index contributed by atoms with van der Waals surface area (Å²) in [4.78, 5) is 42.5. The minimum absolute atomic E-state index is 0.119. The van der Waals surface area contributed by atoms with Gasteiger partial charge >= 0.3 is 17.1 Å². The highest BCUT2D eigenvalue weighted by atomic mass is 16.3. The molecule has 0 aliphatic carbocycles. The van der Waals surface area contributed by atoms with Gasteiger partial charge in [-0.25, -0.2) is 28.1 Å². The van der Waals surface area contributed by atoms with Gasteiger partial charge in [0.05, 0.1) is 19.6 Å². The van der Waals surface area contributed by atoms with E-state index in [1.54, 1.807) is 57.2 Å². The predicted molar refractivity (Wildman–Crippen MR) is 191 cm³/mol. The summed E-state index contributed by atoms with van der Waals surface area (Å²) in [6.45, 7) is 22.7. The number of phenols is 3. The van der Waals surface area contributed by atoms with Crippen LogP contribution in [0.25, 0.3) is 0 Å². The molecule has 4 rings (SSSR count). The highest BCUT2D eigenvalue weighted by Crippen LogP contribution is 2.36. The SMILES string of the molecule is Cc1cc(Cn2c(=O)n(Cc3cc(C)c(O)c(C(C)(C)C)c3)c(=O)n(Cc3cc(C)c(O)c(C(C)(C)C)c3)c2=O)cc(C(C)(C)C)c1O. The van der Waals surface area contributed by atoms with Crippen molar-refractivity contribution in [3.63, 3.8) is 0 Å². The molecule has 3 aromatic carbocycles. The fraction of sp³-hybridized carbons (Fsp3) is 0.462. The van der Waals surface area contributed by atoms with Crippen molar-refractivity contribution in [3.8, 4) is 17.2 Å². The summed E-state index contributed by atoms with van der Waals surface area (Å²) in [6.07, 6.45) is 0. The van der Waals surface area contributed by atoms with Crippen molar-refractivity contribution in [3.05, 3.63) is 118 Å². The Morgan fingerprint density at radius 2 is 0.646 bits per heavy atom. The molecule has 3 N–H and O–H groups in total. The average Bonchev–Trinajstić information content (AvgIpc) is 2.94. The van der Waals surface area contributed by atoms with Gasteiger partial charge in [0.15, 0.2) is 0 Å². The van der Waals surface area contributed by atoms with E-state index in [1.165, 1.54) is 0 Å². The Hall–Kier alpha value is -4.53. The van der Waals surface area contributed by atoms with Crippen LogP contribution in [0.5, 0.6) is 17.2 Å². The summed E-state index contributed by atoms with van der Waals surface area (Å²) in [5.41, 5.74) is 2.31. The molecule has 4 aromatic rings. The second-order valence-electron chi connectivity index (χ2n) is 16.3. The van der Waals surface area contributed by atoms with Crippen molar-refractivity contribution in [1.82, 2.24) is 13.7 Å². The lowest BCUT2D eigenvalue weighted by Gasteiger charge is -2.24. The molecule has 0 atom stereocenters. The first-order chi connectivity index (χ1) is 21.9. The van der Waals surface area contributed by atoms with Gasteiger partial charge in [-0.15, -0.1) is 0 Å². The maximum atomic E-state index is 14.2. The van der Waals surface area contributed by atoms with Gasteiger partial charge in [-0.1, -0.05) is 80.5 Å². The molecule has 0 amide bonds. The summed E-state index contributed by atoms with van der Waals surface area (Å²) in [7, 11) is 0. The van der Waals surface area contributed by atoms with Gasteiger partial charge in [-0.3, -0.25) is 0 Å². The molecule has 0 radical (unpaired) electrons. The second-order valence-corrected chi connectivity index (χ2v) is 16.3. The maximum absolute atomic E-state index is 14.2. The Labute approximate surface area is 282 Å². The third-order valence-electron chi connectivity index (χ3n) is 8.91. The molecule has 0 saturated carbocycles. The first-order valence-electron chi connectivity index (χ1n) is 16.3. The number of nitrogens with zero attached hydrogens (tertiary/aromatic N) is 3. The first kappa shape index (κ1) is 36.3. The lowest BCUT2D eigenvalue weighted by Crippen LogP contribution is -2.54. The van der Waals surface area contributed by atoms with Crippen molar-refractivity contribution in [2.24, 2.45) is 0 Å². The second kappa shape index (κ2) is 12.5. The first-order valence-corrected chi connectivity index (χ1v) is 16.3. The van der Waals surface area contributed by atoms with Gasteiger partial charge in [0, 0.05) is 0 Å². The van der Waals surface area contributed by atoms with E-state index in [-0.39, 0.29) is 36.9 Å². The van der Waals surface area contributed by atoms with Crippen LogP contribution in [0.15, 0.2) is 50.8 Å². The number of rotatable bonds is 6. The molecule has 0 spiro atoms. The van der Waals surface area contributed by atoms with E-state index in [0.29, 0.717) is 50.1 Å². The van der Waals surface area contributed by atoms with Gasteiger partial charge in [-0.2, -0.15) is 0 Å². The van der Waals surface area contributed by atoms with Gasteiger partial charge in [0.1, 0.15) is 17.2 Å². The number of benzene rings is 3. The summed E-state index contributed by atoms with van der Waals surface area (Å²) < 4.78 is 3.20. The van der Waals surface area contributed by atoms with Gasteiger partial charge < -0.3 is 15.3 Å². The number of aromatic hydroxyl groups is 3. The smallest absolute Gasteiger partial charge is 0.336 e. The van der Waals surface area contributed by atoms with E-state index in [9.17, 15) is 29.7 Å². The van der Waals surface area contributed by atoms with Crippen LogP contribution >= 0.6 is 0 Å². The number of hydrogen-bond acceptors (Lipinski definition) is 6. The average molecular weight is 658 g/mol. The Morgan fingerprint density at radius 1 is 0.438 bits per heavy atom. The number of aromatic nitrogens is 3. The van der Waals surface area contributed by atoms with Crippen LogP contribution in [-0.2, 0) is 35.9 Å². The zero-order valence-corrected chi connectivity index (χ0v) is 30.5. The Morgan fingerprint density at radius 3 is 0.833 bits per heavy atom. The predicted octanol–water partition coefficient (Wildman–Crippen LogP) is 6.25. The van der Waals surface area contributed by atoms with E-state index in [0.717, 1.165) is 13.7 Å². The largest absolute Gasteiger partial charge is 0.507 e. The molecule has 9 heteroatoms. The van der Waals surface area contributed by atoms with Crippen LogP contribution in [0, 0.1) is 20.8 Å². The number of hydrogen-bond donors (Lipinski definition) is 3. The summed E-state index contributed by atoms with van der Waals surface area (Å²) in [5, 5.41) is 32.4. The molecule has 0 unspecified atom stereocenters. The van der Waals surface area contributed by atoms with Crippen molar-refractivity contribution in [2.75, 3.05) is 0 Å². The highest BCUT2D eigenvalue weighted by Gasteiger charge is 2.25. The Kier molecular flexibility index (Phi) is 9.45. The van der Waals surface area contributed by atoms with E-state index < -0.39 is 33.3 Å². The fourth-order valence-electron chi connectivity index (χ4n) is 6.19. The molecule has 258 valence electrons. The van der Waals surface area contributed by atoms with Crippen LogP contribution < -0.4 is 17.1 Å². The molecule has 0 aliphatic heterocycles. The maximum Gasteiger partial charge on any atom is 0.336 e. The third kappa shape index (κ3) is 7.15. The minimum Gasteiger partial charge on any atom is -0.507 e. The molecule has 9 nitrogen and oxygen atoms in total. The molecule has 1 aromatic heterocycles.